The number of carbonyl (C=O) groups excluding carboxylic acids is 2. The minimum atomic E-state index is -2.88. The van der Waals surface area contributed by atoms with Crippen LogP contribution in [0.25, 0.3) is 0 Å². The quantitative estimate of drug-likeness (QED) is 0.365. The molecule has 0 bridgehead atoms. The Labute approximate surface area is 61.7 Å². The van der Waals surface area contributed by atoms with Gasteiger partial charge in [0.2, 0.25) is 0 Å². The normalized spacial score (nSPS) is 24.5. The van der Waals surface area contributed by atoms with Crippen LogP contribution in [0.1, 0.15) is 0 Å². The first-order valence-electron chi connectivity index (χ1n) is 2.54. The van der Waals surface area contributed by atoms with Crippen molar-refractivity contribution in [1.29, 1.82) is 0 Å². The monoisotopic (exact) mass is 179 g/mol. The lowest BCUT2D eigenvalue weighted by Gasteiger charge is -1.93. The summed E-state index contributed by atoms with van der Waals surface area (Å²) in [5.41, 5.74) is 0. The Morgan fingerprint density at radius 3 is 2.55 bits per heavy atom. The predicted octanol–water partition coefficient (Wildman–Crippen LogP) is -1.18. The summed E-state index contributed by atoms with van der Waals surface area (Å²) in [5.74, 6) is -0.771. The molecule has 0 aliphatic carbocycles. The van der Waals surface area contributed by atoms with E-state index in [9.17, 15) is 14.2 Å². The zero-order valence-electron chi connectivity index (χ0n) is 5.10. The van der Waals surface area contributed by atoms with Crippen LogP contribution in [0.15, 0.2) is 0 Å². The van der Waals surface area contributed by atoms with Crippen molar-refractivity contribution in [2.75, 3.05) is 0 Å². The van der Waals surface area contributed by atoms with Crippen LogP contribution in [-0.4, -0.2) is 23.1 Å². The zero-order chi connectivity index (χ0) is 8.43. The lowest BCUT2D eigenvalue weighted by Crippen LogP contribution is -2.29. The number of nitrogens with one attached hydrogen (secondary N) is 2. The van der Waals surface area contributed by atoms with Crippen molar-refractivity contribution in [3.8, 4) is 0 Å². The van der Waals surface area contributed by atoms with Gasteiger partial charge in [-0.25, -0.2) is 4.79 Å². The van der Waals surface area contributed by atoms with Crippen LogP contribution in [0.4, 0.5) is 4.79 Å². The second-order valence-corrected chi connectivity index (χ2v) is 2.37. The maximum absolute atomic E-state index is 10.6. The molecule has 60 valence electrons. The van der Waals surface area contributed by atoms with E-state index in [1.54, 1.807) is 0 Å². The number of carbonyl (C=O) groups is 2. The summed E-state index contributed by atoms with van der Waals surface area (Å²) in [7, 11) is -2.88. The van der Waals surface area contributed by atoms with E-state index in [0.29, 0.717) is 0 Å². The average molecular weight is 179 g/mol. The second-order valence-electron chi connectivity index (χ2n) is 1.69. The van der Waals surface area contributed by atoms with Gasteiger partial charge in [0.1, 0.15) is 0 Å². The van der Waals surface area contributed by atoms with E-state index in [-0.39, 0.29) is 0 Å². The zero-order valence-corrected chi connectivity index (χ0v) is 6.00. The van der Waals surface area contributed by atoms with Crippen molar-refractivity contribution in [3.05, 3.63) is 0 Å². The van der Waals surface area contributed by atoms with Gasteiger partial charge in [-0.2, -0.15) is 0 Å². The Balaban J connectivity index is 2.53. The van der Waals surface area contributed by atoms with Crippen LogP contribution in [0.3, 0.4) is 0 Å². The summed E-state index contributed by atoms with van der Waals surface area (Å²) < 4.78 is 14.1. The molecule has 1 aliphatic rings. The van der Waals surface area contributed by atoms with E-state index >= 15 is 0 Å². The molecule has 0 spiro atoms. The lowest BCUT2D eigenvalue weighted by atomic mass is 10.6. The van der Waals surface area contributed by atoms with Crippen LogP contribution in [0.5, 0.6) is 0 Å². The largest absolute Gasteiger partial charge is 0.697 e. The van der Waals surface area contributed by atoms with E-state index in [2.05, 4.69) is 4.52 Å². The molecule has 7 nitrogen and oxygen atoms in total. The van der Waals surface area contributed by atoms with Crippen LogP contribution < -0.4 is 10.6 Å². The molecule has 11 heavy (non-hydrogen) atoms. The Morgan fingerprint density at radius 2 is 2.18 bits per heavy atom. The van der Waals surface area contributed by atoms with Crippen molar-refractivity contribution in [2.24, 2.45) is 0 Å². The Bertz CT molecular complexity index is 228. The Hall–Kier alpha value is -1.04. The summed E-state index contributed by atoms with van der Waals surface area (Å²) in [6.45, 7) is 0. The molecule has 0 saturated carbocycles. The summed E-state index contributed by atoms with van der Waals surface area (Å²) in [6, 6.07) is -0.739. The number of rotatable bonds is 2. The van der Waals surface area contributed by atoms with Gasteiger partial charge in [-0.15, -0.1) is 4.89 Å². The van der Waals surface area contributed by atoms with Gasteiger partial charge in [-0.3, -0.25) is 10.1 Å². The average Bonchev–Trinajstić information content (AvgIpc) is 2.09. The maximum Gasteiger partial charge on any atom is 0.697 e. The molecule has 0 aromatic heterocycles. The fourth-order valence-corrected chi connectivity index (χ4v) is 0.891. The molecule has 0 aromatic rings. The minimum Gasteiger partial charge on any atom is -0.300 e. The Kier molecular flexibility index (Phi) is 2.13. The highest BCUT2D eigenvalue weighted by Crippen LogP contribution is 2.17. The summed E-state index contributed by atoms with van der Waals surface area (Å²) >= 11 is 0. The molecule has 2 unspecified atom stereocenters. The number of urea groups is 1. The van der Waals surface area contributed by atoms with Crippen molar-refractivity contribution < 1.29 is 23.6 Å². The highest BCUT2D eigenvalue weighted by molar-refractivity contribution is 7.32. The van der Waals surface area contributed by atoms with Crippen LogP contribution in [-0.2, 0) is 13.9 Å². The number of imide groups is 1. The molecule has 8 heteroatoms. The summed E-state index contributed by atoms with van der Waals surface area (Å²) in [4.78, 5) is 29.1. The van der Waals surface area contributed by atoms with Crippen LogP contribution >= 0.6 is 8.25 Å². The van der Waals surface area contributed by atoms with E-state index in [0.717, 1.165) is 0 Å². The van der Waals surface area contributed by atoms with Crippen LogP contribution in [0.2, 0.25) is 0 Å². The minimum absolute atomic E-state index is 0.739. The predicted molar refractivity (Wildman–Crippen MR) is 31.4 cm³/mol. The highest BCUT2D eigenvalue weighted by atomic mass is 31.1. The lowest BCUT2D eigenvalue weighted by molar-refractivity contribution is -0.125. The van der Waals surface area contributed by atoms with Gasteiger partial charge in [0.15, 0.2) is 0 Å². The molecule has 2 atom stereocenters. The van der Waals surface area contributed by atoms with Gasteiger partial charge in [-0.05, 0) is 0 Å². The first kappa shape index (κ1) is 8.06. The van der Waals surface area contributed by atoms with E-state index in [1.165, 1.54) is 0 Å². The van der Waals surface area contributed by atoms with Crippen LogP contribution in [0, 0.1) is 0 Å². The molecule has 3 amide bonds. The topological polar surface area (TPSA) is 105 Å². The van der Waals surface area contributed by atoms with Crippen molar-refractivity contribution in [2.45, 2.75) is 6.23 Å². The first-order chi connectivity index (χ1) is 5.09. The Morgan fingerprint density at radius 1 is 1.55 bits per heavy atom. The fraction of sp³-hybridized carbons (Fsp3) is 0.333. The molecule has 1 fully saturated rings. The van der Waals surface area contributed by atoms with E-state index < -0.39 is 26.4 Å². The number of hydrogen-bond donors (Lipinski definition) is 3. The second kappa shape index (κ2) is 2.91. The maximum atomic E-state index is 10.6. The van der Waals surface area contributed by atoms with Crippen molar-refractivity contribution in [3.63, 3.8) is 0 Å². The van der Waals surface area contributed by atoms with Gasteiger partial charge in [0.25, 0.3) is 12.1 Å². The fourth-order valence-electron chi connectivity index (χ4n) is 0.563. The number of hydrogen-bond acceptors (Lipinski definition) is 4. The third-order valence-electron chi connectivity index (χ3n) is 0.933. The third-order valence-corrected chi connectivity index (χ3v) is 1.32. The smallest absolute Gasteiger partial charge is 0.300 e. The van der Waals surface area contributed by atoms with E-state index in [1.807, 2.05) is 10.6 Å². The molecule has 0 radical (unpaired) electrons. The standard InChI is InChI=1S/C3H3N2O5P/c6-1-2(10-11(8)9)5-3(7)4-1/h2H,(H2-,4,5,6,7,8,9)/p+1. The molecule has 1 heterocycles. The van der Waals surface area contributed by atoms with Gasteiger partial charge >= 0.3 is 14.3 Å². The highest BCUT2D eigenvalue weighted by Gasteiger charge is 2.37. The molecule has 1 rings (SSSR count). The van der Waals surface area contributed by atoms with Crippen molar-refractivity contribution >= 4 is 20.2 Å². The molecule has 1 saturated heterocycles. The van der Waals surface area contributed by atoms with Gasteiger partial charge in [0, 0.05) is 4.57 Å². The first-order valence-corrected chi connectivity index (χ1v) is 3.67. The van der Waals surface area contributed by atoms with Gasteiger partial charge < -0.3 is 5.32 Å². The third kappa shape index (κ3) is 1.94. The summed E-state index contributed by atoms with van der Waals surface area (Å²) in [6.07, 6.45) is -1.35. The van der Waals surface area contributed by atoms with Gasteiger partial charge in [-0.1, -0.05) is 4.52 Å². The van der Waals surface area contributed by atoms with Crippen molar-refractivity contribution in [1.82, 2.24) is 10.6 Å². The SMILES string of the molecule is O=C1NC(=O)C(O[P+](=O)O)N1. The summed E-state index contributed by atoms with van der Waals surface area (Å²) in [5, 5.41) is 3.79. The molecular formula is C3H4N2O5P+. The molecular weight excluding hydrogens is 175 g/mol. The van der Waals surface area contributed by atoms with E-state index in [4.69, 9.17) is 4.89 Å². The molecule has 1 aliphatic heterocycles. The molecule has 0 aromatic carbocycles. The molecule has 3 N–H and O–H groups in total. The van der Waals surface area contributed by atoms with Gasteiger partial charge in [0.05, 0.1) is 0 Å². The number of amides is 3.